The first-order valence-corrected chi connectivity index (χ1v) is 9.53. The Bertz CT molecular complexity index is 999. The smallest absolute Gasteiger partial charge is 0.262 e. The van der Waals surface area contributed by atoms with Crippen molar-refractivity contribution in [3.8, 4) is 11.8 Å². The Morgan fingerprint density at radius 3 is 2.64 bits per heavy atom. The fourth-order valence-electron chi connectivity index (χ4n) is 2.82. The van der Waals surface area contributed by atoms with E-state index in [2.05, 4.69) is 0 Å². The van der Waals surface area contributed by atoms with Crippen molar-refractivity contribution >= 4 is 40.9 Å². The third-order valence-corrected chi connectivity index (χ3v) is 5.69. The van der Waals surface area contributed by atoms with Crippen LogP contribution in [0.2, 0.25) is 5.02 Å². The van der Waals surface area contributed by atoms with E-state index in [0.29, 0.717) is 22.9 Å². The van der Waals surface area contributed by atoms with Gasteiger partial charge in [-0.15, -0.1) is 0 Å². The van der Waals surface area contributed by atoms with Crippen LogP contribution in [0.4, 0.5) is 5.69 Å². The summed E-state index contributed by atoms with van der Waals surface area (Å²) in [5.41, 5.74) is 6.54. The standard InChI is InChI=1S/C20H16ClN3O3S/c1-27-15-4-2-3-14(10-15)24-19(26)17(9-12-5-7-13(21)8-6-12)28-20(24)16(11-22)18(23)25/h2-8,10,17H,9H2,1H3,(H2,23,25)/b20-16+/t17-/m0/s1. The number of thioether (sulfide) groups is 1. The van der Waals surface area contributed by atoms with Crippen LogP contribution in [0.15, 0.2) is 59.1 Å². The van der Waals surface area contributed by atoms with Gasteiger partial charge in [0, 0.05) is 11.1 Å². The Kier molecular flexibility index (Phi) is 5.93. The van der Waals surface area contributed by atoms with Gasteiger partial charge in [-0.2, -0.15) is 5.26 Å². The first-order valence-electron chi connectivity index (χ1n) is 8.28. The molecule has 2 N–H and O–H groups in total. The van der Waals surface area contributed by atoms with E-state index in [1.807, 2.05) is 18.2 Å². The van der Waals surface area contributed by atoms with E-state index in [4.69, 9.17) is 22.1 Å². The Morgan fingerprint density at radius 1 is 1.32 bits per heavy atom. The van der Waals surface area contributed by atoms with Gasteiger partial charge >= 0.3 is 0 Å². The summed E-state index contributed by atoms with van der Waals surface area (Å²) >= 11 is 7.07. The van der Waals surface area contributed by atoms with Crippen LogP contribution in [0.25, 0.3) is 0 Å². The maximum absolute atomic E-state index is 13.2. The molecule has 0 saturated carbocycles. The molecule has 1 aliphatic rings. The van der Waals surface area contributed by atoms with Crippen molar-refractivity contribution in [1.82, 2.24) is 0 Å². The zero-order valence-electron chi connectivity index (χ0n) is 14.9. The average Bonchev–Trinajstić information content (AvgIpc) is 3.00. The minimum absolute atomic E-state index is 0.229. The summed E-state index contributed by atoms with van der Waals surface area (Å²) in [6.45, 7) is 0. The van der Waals surface area contributed by atoms with Gasteiger partial charge in [-0.05, 0) is 36.2 Å². The first kappa shape index (κ1) is 19.8. The Balaban J connectivity index is 2.03. The van der Waals surface area contributed by atoms with Crippen molar-refractivity contribution in [2.24, 2.45) is 5.73 Å². The lowest BCUT2D eigenvalue weighted by Gasteiger charge is -2.18. The molecule has 6 nitrogen and oxygen atoms in total. The van der Waals surface area contributed by atoms with Crippen LogP contribution in [-0.4, -0.2) is 24.2 Å². The molecule has 1 atom stereocenters. The molecule has 2 amide bonds. The molecule has 0 bridgehead atoms. The molecule has 1 aliphatic heterocycles. The number of anilines is 1. The number of amides is 2. The average molecular weight is 414 g/mol. The number of carbonyl (C=O) groups is 2. The summed E-state index contributed by atoms with van der Waals surface area (Å²) in [6, 6.07) is 15.9. The molecule has 0 spiro atoms. The maximum atomic E-state index is 13.2. The predicted octanol–water partition coefficient (Wildman–Crippen LogP) is 3.26. The molecule has 28 heavy (non-hydrogen) atoms. The second-order valence-electron chi connectivity index (χ2n) is 5.97. The molecule has 1 fully saturated rings. The number of benzene rings is 2. The summed E-state index contributed by atoms with van der Waals surface area (Å²) in [5.74, 6) is -0.566. The van der Waals surface area contributed by atoms with Crippen LogP contribution in [0.1, 0.15) is 5.56 Å². The van der Waals surface area contributed by atoms with Crippen molar-refractivity contribution in [3.05, 3.63) is 69.7 Å². The highest BCUT2D eigenvalue weighted by molar-refractivity contribution is 8.05. The molecule has 0 radical (unpaired) electrons. The quantitative estimate of drug-likeness (QED) is 0.599. The molecule has 142 valence electrons. The molecule has 0 aromatic heterocycles. The number of ether oxygens (including phenoxy) is 1. The molecule has 3 rings (SSSR count). The van der Waals surface area contributed by atoms with E-state index < -0.39 is 11.2 Å². The monoisotopic (exact) mass is 413 g/mol. The van der Waals surface area contributed by atoms with Crippen molar-refractivity contribution < 1.29 is 14.3 Å². The lowest BCUT2D eigenvalue weighted by Crippen LogP contribution is -2.31. The highest BCUT2D eigenvalue weighted by Crippen LogP contribution is 2.42. The van der Waals surface area contributed by atoms with Gasteiger partial charge in [0.1, 0.15) is 22.4 Å². The van der Waals surface area contributed by atoms with Gasteiger partial charge in [0.15, 0.2) is 0 Å². The number of halogens is 1. The molecule has 2 aromatic carbocycles. The molecular weight excluding hydrogens is 398 g/mol. The molecule has 0 aliphatic carbocycles. The van der Waals surface area contributed by atoms with Gasteiger partial charge in [-0.3, -0.25) is 14.5 Å². The number of nitrogens with two attached hydrogens (primary N) is 1. The van der Waals surface area contributed by atoms with Crippen LogP contribution in [0.5, 0.6) is 5.75 Å². The topological polar surface area (TPSA) is 96.4 Å². The minimum atomic E-state index is -0.877. The van der Waals surface area contributed by atoms with E-state index in [1.54, 1.807) is 36.4 Å². The van der Waals surface area contributed by atoms with E-state index in [9.17, 15) is 14.9 Å². The molecule has 2 aromatic rings. The van der Waals surface area contributed by atoms with Gasteiger partial charge in [0.05, 0.1) is 18.0 Å². The van der Waals surface area contributed by atoms with Gasteiger partial charge in [-0.25, -0.2) is 0 Å². The maximum Gasteiger partial charge on any atom is 0.262 e. The van der Waals surface area contributed by atoms with Crippen LogP contribution in [0, 0.1) is 11.3 Å². The Hall–Kier alpha value is -2.95. The third-order valence-electron chi connectivity index (χ3n) is 4.17. The van der Waals surface area contributed by atoms with Gasteiger partial charge in [-0.1, -0.05) is 41.6 Å². The Labute approximate surface area is 171 Å². The minimum Gasteiger partial charge on any atom is -0.497 e. The third kappa shape index (κ3) is 3.98. The number of carbonyl (C=O) groups excluding carboxylic acids is 2. The largest absolute Gasteiger partial charge is 0.497 e. The summed E-state index contributed by atoms with van der Waals surface area (Å²) in [6.07, 6.45) is 0.419. The second-order valence-corrected chi connectivity index (χ2v) is 7.60. The lowest BCUT2D eigenvalue weighted by atomic mass is 10.1. The van der Waals surface area contributed by atoms with Crippen LogP contribution in [0.3, 0.4) is 0 Å². The highest BCUT2D eigenvalue weighted by Gasteiger charge is 2.40. The van der Waals surface area contributed by atoms with Gasteiger partial charge in [0.2, 0.25) is 5.91 Å². The van der Waals surface area contributed by atoms with Crippen LogP contribution in [-0.2, 0) is 16.0 Å². The number of nitriles is 1. The number of hydrogen-bond acceptors (Lipinski definition) is 5. The summed E-state index contributed by atoms with van der Waals surface area (Å²) in [4.78, 5) is 26.3. The highest BCUT2D eigenvalue weighted by atomic mass is 35.5. The van der Waals surface area contributed by atoms with E-state index in [-0.39, 0.29) is 16.5 Å². The lowest BCUT2D eigenvalue weighted by molar-refractivity contribution is -0.117. The molecular formula is C20H16ClN3O3S. The molecule has 0 unspecified atom stereocenters. The summed E-state index contributed by atoms with van der Waals surface area (Å²) in [5, 5.41) is 9.74. The number of primary amides is 1. The molecule has 1 heterocycles. The Morgan fingerprint density at radius 2 is 2.04 bits per heavy atom. The number of methoxy groups -OCH3 is 1. The number of rotatable bonds is 5. The summed E-state index contributed by atoms with van der Waals surface area (Å²) in [7, 11) is 1.52. The van der Waals surface area contributed by atoms with E-state index in [0.717, 1.165) is 17.3 Å². The van der Waals surface area contributed by atoms with E-state index in [1.165, 1.54) is 12.0 Å². The first-order chi connectivity index (χ1) is 13.4. The zero-order valence-corrected chi connectivity index (χ0v) is 16.5. The summed E-state index contributed by atoms with van der Waals surface area (Å²) < 4.78 is 5.22. The van der Waals surface area contributed by atoms with Gasteiger partial charge in [0.25, 0.3) is 5.91 Å². The fraction of sp³-hybridized carbons (Fsp3) is 0.150. The van der Waals surface area contributed by atoms with Crippen molar-refractivity contribution in [2.75, 3.05) is 12.0 Å². The fourth-order valence-corrected chi connectivity index (χ4v) is 4.26. The second kappa shape index (κ2) is 8.38. The molecule has 8 heteroatoms. The number of nitrogens with zero attached hydrogens (tertiary/aromatic N) is 2. The SMILES string of the molecule is COc1cccc(N2C(=O)[C@H](Cc3ccc(Cl)cc3)S/C2=C(\C#N)C(N)=O)c1. The van der Waals surface area contributed by atoms with Gasteiger partial charge < -0.3 is 10.5 Å². The van der Waals surface area contributed by atoms with Crippen molar-refractivity contribution in [1.29, 1.82) is 5.26 Å². The van der Waals surface area contributed by atoms with Crippen LogP contribution < -0.4 is 15.4 Å². The predicted molar refractivity (Wildman–Crippen MR) is 109 cm³/mol. The number of hydrogen-bond donors (Lipinski definition) is 1. The van der Waals surface area contributed by atoms with Crippen molar-refractivity contribution in [2.45, 2.75) is 11.7 Å². The normalized spacial score (nSPS) is 18.0. The van der Waals surface area contributed by atoms with Crippen LogP contribution >= 0.6 is 23.4 Å². The zero-order chi connectivity index (χ0) is 20.3. The molecule has 1 saturated heterocycles. The van der Waals surface area contributed by atoms with E-state index >= 15 is 0 Å². The van der Waals surface area contributed by atoms with Crippen molar-refractivity contribution in [3.63, 3.8) is 0 Å².